The van der Waals surface area contributed by atoms with Gasteiger partial charge in [0.25, 0.3) is 0 Å². The van der Waals surface area contributed by atoms with Crippen LogP contribution in [-0.2, 0) is 4.74 Å². The topological polar surface area (TPSA) is 38.5 Å². The zero-order valence-corrected chi connectivity index (χ0v) is 12.5. The predicted molar refractivity (Wildman–Crippen MR) is 83.9 cm³/mol. The summed E-state index contributed by atoms with van der Waals surface area (Å²) in [5.41, 5.74) is 9.10. The summed E-state index contributed by atoms with van der Waals surface area (Å²) < 4.78 is 5.54. The van der Waals surface area contributed by atoms with Crippen molar-refractivity contribution in [2.24, 2.45) is 11.7 Å². The fraction of sp³-hybridized carbons (Fsp3) is 0.533. The smallest absolute Gasteiger partial charge is 0.106 e. The molecule has 1 fully saturated rings. The molecule has 0 spiro atoms. The lowest BCUT2D eigenvalue weighted by molar-refractivity contribution is 0.0576. The van der Waals surface area contributed by atoms with Crippen LogP contribution in [0.25, 0.3) is 0 Å². The van der Waals surface area contributed by atoms with E-state index in [9.17, 15) is 0 Å². The number of rotatable bonds is 4. The molecule has 1 atom stereocenters. The normalized spacial score (nSPS) is 19.2. The minimum Gasteiger partial charge on any atom is -0.389 e. The Bertz CT molecular complexity index is 455. The van der Waals surface area contributed by atoms with Gasteiger partial charge >= 0.3 is 0 Å². The van der Waals surface area contributed by atoms with Crippen molar-refractivity contribution in [3.05, 3.63) is 29.3 Å². The Balaban J connectivity index is 2.13. The molecule has 0 saturated carbocycles. The molecule has 0 aromatic heterocycles. The molecular weight excluding hydrogens is 256 g/mol. The summed E-state index contributed by atoms with van der Waals surface area (Å²) in [4.78, 5) is 2.71. The molecule has 1 aromatic carbocycles. The standard InChI is InChI=1S/C15H22N2OS/c1-11-5-6-14(13(8-11)15(16)19)17(2)9-12-4-3-7-18-10-12/h5-6,8,12H,3-4,7,9-10H2,1-2H3,(H2,16,19). The maximum Gasteiger partial charge on any atom is 0.106 e. The molecule has 104 valence electrons. The zero-order valence-electron chi connectivity index (χ0n) is 11.7. The summed E-state index contributed by atoms with van der Waals surface area (Å²) >= 11 is 5.16. The van der Waals surface area contributed by atoms with Crippen molar-refractivity contribution in [1.29, 1.82) is 0 Å². The van der Waals surface area contributed by atoms with Crippen LogP contribution in [0.3, 0.4) is 0 Å². The van der Waals surface area contributed by atoms with Gasteiger partial charge in [-0.15, -0.1) is 0 Å². The second kappa shape index (κ2) is 6.35. The van der Waals surface area contributed by atoms with Crippen LogP contribution in [0.5, 0.6) is 0 Å². The van der Waals surface area contributed by atoms with Gasteiger partial charge in [0.15, 0.2) is 0 Å². The molecule has 19 heavy (non-hydrogen) atoms. The number of thiocarbonyl (C=S) groups is 1. The molecule has 4 heteroatoms. The highest BCUT2D eigenvalue weighted by Gasteiger charge is 2.18. The molecule has 1 aliphatic rings. The van der Waals surface area contributed by atoms with Crippen LogP contribution in [0.2, 0.25) is 0 Å². The second-order valence-electron chi connectivity index (χ2n) is 5.35. The second-order valence-corrected chi connectivity index (χ2v) is 5.79. The first-order valence-electron chi connectivity index (χ1n) is 6.77. The molecule has 3 nitrogen and oxygen atoms in total. The van der Waals surface area contributed by atoms with E-state index >= 15 is 0 Å². The first-order valence-corrected chi connectivity index (χ1v) is 7.18. The van der Waals surface area contributed by atoms with Gasteiger partial charge in [0.05, 0.1) is 6.61 Å². The van der Waals surface area contributed by atoms with E-state index in [0.717, 1.165) is 37.4 Å². The number of anilines is 1. The maximum absolute atomic E-state index is 5.83. The van der Waals surface area contributed by atoms with Crippen molar-refractivity contribution in [2.75, 3.05) is 31.7 Å². The van der Waals surface area contributed by atoms with Gasteiger partial charge in [-0.25, -0.2) is 0 Å². The summed E-state index contributed by atoms with van der Waals surface area (Å²) in [7, 11) is 2.10. The van der Waals surface area contributed by atoms with Crippen molar-refractivity contribution in [2.45, 2.75) is 19.8 Å². The van der Waals surface area contributed by atoms with E-state index in [4.69, 9.17) is 22.7 Å². The monoisotopic (exact) mass is 278 g/mol. The van der Waals surface area contributed by atoms with Gasteiger partial charge in [0.1, 0.15) is 4.99 Å². The number of nitrogens with two attached hydrogens (primary N) is 1. The van der Waals surface area contributed by atoms with Crippen LogP contribution in [0.1, 0.15) is 24.0 Å². The molecular formula is C15H22N2OS. The highest BCUT2D eigenvalue weighted by Crippen LogP contribution is 2.23. The fourth-order valence-electron chi connectivity index (χ4n) is 2.62. The van der Waals surface area contributed by atoms with Gasteiger partial charge in [-0.2, -0.15) is 0 Å². The van der Waals surface area contributed by atoms with E-state index < -0.39 is 0 Å². The van der Waals surface area contributed by atoms with Crippen LogP contribution < -0.4 is 10.6 Å². The van der Waals surface area contributed by atoms with Gasteiger partial charge < -0.3 is 15.4 Å². The third-order valence-electron chi connectivity index (χ3n) is 3.62. The Morgan fingerprint density at radius 1 is 1.53 bits per heavy atom. The summed E-state index contributed by atoms with van der Waals surface area (Å²) in [6, 6.07) is 6.27. The van der Waals surface area contributed by atoms with Crippen molar-refractivity contribution in [3.63, 3.8) is 0 Å². The van der Waals surface area contributed by atoms with E-state index in [-0.39, 0.29) is 0 Å². The van der Waals surface area contributed by atoms with E-state index in [1.807, 2.05) is 0 Å². The SMILES string of the molecule is Cc1ccc(N(C)CC2CCCOC2)c(C(N)=S)c1. The van der Waals surface area contributed by atoms with E-state index in [1.165, 1.54) is 12.0 Å². The molecule has 1 unspecified atom stereocenters. The molecule has 0 amide bonds. The van der Waals surface area contributed by atoms with Crippen molar-refractivity contribution >= 4 is 22.9 Å². The molecule has 0 aliphatic carbocycles. The number of hydrogen-bond donors (Lipinski definition) is 1. The molecule has 2 rings (SSSR count). The largest absolute Gasteiger partial charge is 0.389 e. The summed E-state index contributed by atoms with van der Waals surface area (Å²) in [5.74, 6) is 0.597. The number of benzene rings is 1. The molecule has 0 radical (unpaired) electrons. The van der Waals surface area contributed by atoms with Crippen molar-refractivity contribution in [3.8, 4) is 0 Å². The Morgan fingerprint density at radius 3 is 2.95 bits per heavy atom. The van der Waals surface area contributed by atoms with Crippen LogP contribution in [0.4, 0.5) is 5.69 Å². The third kappa shape index (κ3) is 3.67. The minimum absolute atomic E-state index is 0.463. The molecule has 1 heterocycles. The Hall–Kier alpha value is -1.13. The third-order valence-corrected chi connectivity index (χ3v) is 3.84. The summed E-state index contributed by atoms with van der Waals surface area (Å²) in [5, 5.41) is 0. The molecule has 2 N–H and O–H groups in total. The van der Waals surface area contributed by atoms with Crippen molar-refractivity contribution < 1.29 is 4.74 Å². The minimum atomic E-state index is 0.463. The maximum atomic E-state index is 5.83. The first-order chi connectivity index (χ1) is 9.08. The zero-order chi connectivity index (χ0) is 13.8. The van der Waals surface area contributed by atoms with E-state index in [2.05, 4.69) is 37.1 Å². The van der Waals surface area contributed by atoms with Crippen LogP contribution in [-0.4, -0.2) is 31.8 Å². The van der Waals surface area contributed by atoms with Gasteiger partial charge in [0, 0.05) is 31.5 Å². The number of aryl methyl sites for hydroxylation is 1. The lowest BCUT2D eigenvalue weighted by atomic mass is 10.0. The highest BCUT2D eigenvalue weighted by molar-refractivity contribution is 7.80. The van der Waals surface area contributed by atoms with E-state index in [1.54, 1.807) is 0 Å². The highest BCUT2D eigenvalue weighted by atomic mass is 32.1. The van der Waals surface area contributed by atoms with Gasteiger partial charge in [-0.1, -0.05) is 23.8 Å². The average Bonchev–Trinajstić information content (AvgIpc) is 2.39. The Labute approximate surface area is 120 Å². The number of nitrogens with zero attached hydrogens (tertiary/aromatic N) is 1. The van der Waals surface area contributed by atoms with Crippen LogP contribution in [0, 0.1) is 12.8 Å². The van der Waals surface area contributed by atoms with E-state index in [0.29, 0.717) is 10.9 Å². The van der Waals surface area contributed by atoms with Gasteiger partial charge in [0.2, 0.25) is 0 Å². The van der Waals surface area contributed by atoms with Gasteiger partial charge in [-0.05, 0) is 37.8 Å². The lowest BCUT2D eigenvalue weighted by Crippen LogP contribution is -2.32. The first kappa shape index (κ1) is 14.3. The molecule has 1 aliphatic heterocycles. The summed E-state index contributed by atoms with van der Waals surface area (Å²) in [6.07, 6.45) is 2.40. The van der Waals surface area contributed by atoms with Crippen LogP contribution in [0.15, 0.2) is 18.2 Å². The molecule has 1 saturated heterocycles. The Morgan fingerprint density at radius 2 is 2.32 bits per heavy atom. The number of hydrogen-bond acceptors (Lipinski definition) is 3. The summed E-state index contributed by atoms with van der Waals surface area (Å²) in [6.45, 7) is 4.81. The van der Waals surface area contributed by atoms with Gasteiger partial charge in [-0.3, -0.25) is 0 Å². The predicted octanol–water partition coefficient (Wildman–Crippen LogP) is 2.49. The quantitative estimate of drug-likeness (QED) is 0.859. The van der Waals surface area contributed by atoms with Crippen molar-refractivity contribution in [1.82, 2.24) is 0 Å². The Kier molecular flexibility index (Phi) is 4.77. The average molecular weight is 278 g/mol. The molecule has 1 aromatic rings. The number of ether oxygens (including phenoxy) is 1. The molecule has 0 bridgehead atoms. The lowest BCUT2D eigenvalue weighted by Gasteiger charge is -2.29. The van der Waals surface area contributed by atoms with Crippen LogP contribution >= 0.6 is 12.2 Å². The fourth-order valence-corrected chi connectivity index (χ4v) is 2.78.